The quantitative estimate of drug-likeness (QED) is 0.523. The van der Waals surface area contributed by atoms with Crippen LogP contribution in [0.4, 0.5) is 11.4 Å². The van der Waals surface area contributed by atoms with Crippen molar-refractivity contribution in [2.24, 2.45) is 21.1 Å². The largest absolute Gasteiger partial charge is 0.493 e. The van der Waals surface area contributed by atoms with E-state index in [0.29, 0.717) is 34.8 Å². The van der Waals surface area contributed by atoms with Crippen molar-refractivity contribution in [3.63, 3.8) is 0 Å². The molecule has 7 nitrogen and oxygen atoms in total. The molecule has 1 unspecified atom stereocenters. The highest BCUT2D eigenvalue weighted by molar-refractivity contribution is 5.97. The van der Waals surface area contributed by atoms with E-state index in [1.165, 1.54) is 24.2 Å². The Hall–Kier alpha value is -3.19. The fourth-order valence-corrected chi connectivity index (χ4v) is 6.72. The number of quaternary nitrogens is 1. The molecule has 3 aromatic rings. The fraction of sp³-hybridized carbons (Fsp3) is 0.464. The highest BCUT2D eigenvalue weighted by Gasteiger charge is 2.52. The van der Waals surface area contributed by atoms with Gasteiger partial charge in [0.05, 0.1) is 18.1 Å². The Morgan fingerprint density at radius 1 is 1.11 bits per heavy atom. The third-order valence-electron chi connectivity index (χ3n) is 7.82. The van der Waals surface area contributed by atoms with E-state index in [-0.39, 0.29) is 5.88 Å². The Kier molecular flexibility index (Phi) is 5.71. The van der Waals surface area contributed by atoms with Crippen molar-refractivity contribution in [3.05, 3.63) is 54.1 Å². The number of hydrogen-bond acceptors (Lipinski definition) is 4. The number of aromatic hydroxyl groups is 1. The van der Waals surface area contributed by atoms with Gasteiger partial charge < -0.3 is 14.9 Å². The lowest BCUT2D eigenvalue weighted by atomic mass is 9.65. The lowest BCUT2D eigenvalue weighted by Gasteiger charge is -2.37. The van der Waals surface area contributed by atoms with Gasteiger partial charge in [0.25, 0.3) is 5.91 Å². The molecule has 2 aliphatic rings. The van der Waals surface area contributed by atoms with Gasteiger partial charge in [-0.05, 0) is 42.2 Å². The second-order valence-corrected chi connectivity index (χ2v) is 11.8. The Morgan fingerprint density at radius 3 is 2.54 bits per heavy atom. The molecular weight excluding hydrogens is 438 g/mol. The standard InChI is InChI=1S/C28H35N5O2/c1-27(2)14-21-15-28(3,16-27)17-32(21)18-33-23-9-7-6-8-22(23)24(26(33)35)29-30-25(34)19-10-12-20(13-11-19)31(4)5/h6-13,21,35H,14-18H2,1-5H3/p+1/t21-,28-/m0/s1. The van der Waals surface area contributed by atoms with Crippen molar-refractivity contribution < 1.29 is 14.8 Å². The molecule has 0 spiro atoms. The molecule has 1 aliphatic carbocycles. The van der Waals surface area contributed by atoms with E-state index >= 15 is 0 Å². The molecule has 2 heterocycles. The number of para-hydroxylation sites is 1. The first-order valence-corrected chi connectivity index (χ1v) is 12.4. The number of nitrogens with one attached hydrogen (secondary N) is 1. The topological polar surface area (TPSA) is 74.6 Å². The predicted molar refractivity (Wildman–Crippen MR) is 139 cm³/mol. The van der Waals surface area contributed by atoms with Gasteiger partial charge in [0.1, 0.15) is 0 Å². The van der Waals surface area contributed by atoms with Crippen molar-refractivity contribution in [2.75, 3.05) is 25.5 Å². The summed E-state index contributed by atoms with van der Waals surface area (Å²) < 4.78 is 1.95. The maximum absolute atomic E-state index is 12.7. The van der Waals surface area contributed by atoms with Gasteiger partial charge in [-0.1, -0.05) is 39.0 Å². The summed E-state index contributed by atoms with van der Waals surface area (Å²) in [7, 11) is 3.90. The van der Waals surface area contributed by atoms with Gasteiger partial charge in [0.15, 0.2) is 12.4 Å². The summed E-state index contributed by atoms with van der Waals surface area (Å²) in [5.41, 5.74) is 3.44. The Morgan fingerprint density at radius 2 is 1.83 bits per heavy atom. The fourth-order valence-electron chi connectivity index (χ4n) is 6.72. The maximum Gasteiger partial charge on any atom is 0.295 e. The van der Waals surface area contributed by atoms with Crippen LogP contribution in [0.2, 0.25) is 0 Å². The zero-order chi connectivity index (χ0) is 25.0. The average molecular weight is 475 g/mol. The summed E-state index contributed by atoms with van der Waals surface area (Å²) in [5.74, 6) is -0.357. The Bertz CT molecular complexity index is 1290. The molecule has 7 heteroatoms. The lowest BCUT2D eigenvalue weighted by molar-refractivity contribution is -0.936. The molecule has 2 fully saturated rings. The Balaban J connectivity index is 1.43. The van der Waals surface area contributed by atoms with Gasteiger partial charge >= 0.3 is 0 Å². The zero-order valence-corrected chi connectivity index (χ0v) is 21.4. The van der Waals surface area contributed by atoms with E-state index in [4.69, 9.17) is 0 Å². The number of rotatable bonds is 5. The smallest absolute Gasteiger partial charge is 0.295 e. The van der Waals surface area contributed by atoms with Gasteiger partial charge in [-0.15, -0.1) is 10.2 Å². The summed E-state index contributed by atoms with van der Waals surface area (Å²) >= 11 is 0. The number of likely N-dealkylation sites (tertiary alicyclic amines) is 1. The summed E-state index contributed by atoms with van der Waals surface area (Å²) in [6, 6.07) is 15.7. The van der Waals surface area contributed by atoms with Crippen LogP contribution in [0.25, 0.3) is 10.9 Å². The number of anilines is 1. The molecule has 2 bridgehead atoms. The molecule has 1 aromatic heterocycles. The molecule has 5 rings (SSSR count). The molecule has 2 N–H and O–H groups in total. The van der Waals surface area contributed by atoms with Crippen LogP contribution in [0.5, 0.6) is 5.88 Å². The van der Waals surface area contributed by atoms with Crippen LogP contribution in [-0.4, -0.2) is 42.3 Å². The van der Waals surface area contributed by atoms with Crippen LogP contribution in [0, 0.1) is 10.8 Å². The normalized spacial score (nSPS) is 25.4. The summed E-state index contributed by atoms with van der Waals surface area (Å²) in [4.78, 5) is 16.2. The van der Waals surface area contributed by atoms with Crippen LogP contribution in [-0.2, 0) is 6.67 Å². The molecule has 1 saturated carbocycles. The Labute approximate surface area is 207 Å². The second-order valence-electron chi connectivity index (χ2n) is 11.8. The van der Waals surface area contributed by atoms with Gasteiger partial charge in [0.2, 0.25) is 5.88 Å². The van der Waals surface area contributed by atoms with Crippen LogP contribution in [0.1, 0.15) is 50.4 Å². The first-order chi connectivity index (χ1) is 16.6. The van der Waals surface area contributed by atoms with E-state index < -0.39 is 5.91 Å². The minimum Gasteiger partial charge on any atom is -0.493 e. The minimum absolute atomic E-state index is 0.0732. The lowest BCUT2D eigenvalue weighted by Crippen LogP contribution is -3.13. The molecule has 1 amide bonds. The highest BCUT2D eigenvalue weighted by atomic mass is 16.3. The van der Waals surface area contributed by atoms with Crippen molar-refractivity contribution in [1.82, 2.24) is 4.57 Å². The number of hydrogen-bond donors (Lipinski definition) is 2. The van der Waals surface area contributed by atoms with Crippen molar-refractivity contribution in [1.29, 1.82) is 0 Å². The van der Waals surface area contributed by atoms with E-state index in [1.54, 1.807) is 12.1 Å². The number of nitrogens with zero attached hydrogens (tertiary/aromatic N) is 4. The van der Waals surface area contributed by atoms with Crippen LogP contribution >= 0.6 is 0 Å². The van der Waals surface area contributed by atoms with Crippen LogP contribution < -0.4 is 9.80 Å². The first kappa shape index (κ1) is 23.5. The summed E-state index contributed by atoms with van der Waals surface area (Å²) in [6.07, 6.45) is 3.68. The number of azo groups is 1. The minimum atomic E-state index is -0.430. The number of fused-ring (bicyclic) bond motifs is 3. The van der Waals surface area contributed by atoms with Crippen LogP contribution in [0.15, 0.2) is 58.8 Å². The highest BCUT2D eigenvalue weighted by Crippen LogP contribution is 2.47. The molecule has 1 aliphatic heterocycles. The summed E-state index contributed by atoms with van der Waals surface area (Å²) in [5, 5.41) is 20.3. The molecule has 1 saturated heterocycles. The molecule has 35 heavy (non-hydrogen) atoms. The maximum atomic E-state index is 12.7. The van der Waals surface area contributed by atoms with E-state index in [9.17, 15) is 9.90 Å². The SMILES string of the molecule is CN(C)c1ccc(C(=O)N=Nc2c(O)n(C[NH+]3C[C@@]4(C)C[C@@H]3CC(C)(C)C4)c3ccccc23)cc1. The molecule has 184 valence electrons. The first-order valence-electron chi connectivity index (χ1n) is 12.4. The zero-order valence-electron chi connectivity index (χ0n) is 21.4. The van der Waals surface area contributed by atoms with E-state index in [1.807, 2.05) is 60.0 Å². The van der Waals surface area contributed by atoms with Crippen molar-refractivity contribution >= 4 is 28.2 Å². The van der Waals surface area contributed by atoms with Gasteiger partial charge in [-0.3, -0.25) is 9.36 Å². The number of benzene rings is 2. The molecular formula is C28H36N5O2+. The van der Waals surface area contributed by atoms with Crippen molar-refractivity contribution in [2.45, 2.75) is 52.7 Å². The monoisotopic (exact) mass is 474 g/mol. The van der Waals surface area contributed by atoms with E-state index in [0.717, 1.165) is 23.1 Å². The number of carbonyl (C=O) groups is 1. The second kappa shape index (κ2) is 8.48. The third kappa shape index (κ3) is 4.45. The van der Waals surface area contributed by atoms with Gasteiger partial charge in [-0.25, -0.2) is 0 Å². The average Bonchev–Trinajstić information content (AvgIpc) is 3.20. The number of carbonyl (C=O) groups excluding carboxylic acids is 1. The van der Waals surface area contributed by atoms with Gasteiger partial charge in [0, 0.05) is 49.0 Å². The third-order valence-corrected chi connectivity index (χ3v) is 7.82. The van der Waals surface area contributed by atoms with E-state index in [2.05, 4.69) is 31.0 Å². The predicted octanol–water partition coefficient (Wildman–Crippen LogP) is 4.78. The molecule has 0 radical (unpaired) electrons. The van der Waals surface area contributed by atoms with Crippen LogP contribution in [0.3, 0.4) is 0 Å². The molecule has 3 atom stereocenters. The summed E-state index contributed by atoms with van der Waals surface area (Å²) in [6.45, 7) is 8.96. The number of amides is 1. The van der Waals surface area contributed by atoms with Gasteiger partial charge in [-0.2, -0.15) is 0 Å². The van der Waals surface area contributed by atoms with Crippen molar-refractivity contribution in [3.8, 4) is 5.88 Å². The molecule has 2 aromatic carbocycles. The number of aromatic nitrogens is 1.